The molecule has 0 unspecified atom stereocenters. The van der Waals surface area contributed by atoms with Crippen molar-refractivity contribution in [3.8, 4) is 0 Å². The predicted octanol–water partition coefficient (Wildman–Crippen LogP) is 3.94. The Morgan fingerprint density at radius 2 is 1.31 bits per heavy atom. The van der Waals surface area contributed by atoms with Crippen LogP contribution in [0.15, 0.2) is 78.9 Å². The van der Waals surface area contributed by atoms with E-state index >= 15 is 0 Å². The minimum absolute atomic E-state index is 0.00437. The van der Waals surface area contributed by atoms with Gasteiger partial charge in [0.05, 0.1) is 24.3 Å². The highest BCUT2D eigenvalue weighted by atomic mass is 16.5. The summed E-state index contributed by atoms with van der Waals surface area (Å²) >= 11 is 0. The van der Waals surface area contributed by atoms with Gasteiger partial charge >= 0.3 is 5.97 Å². The average molecular weight is 532 g/mol. The van der Waals surface area contributed by atoms with Crippen LogP contribution in [0.4, 0.5) is 0 Å². The van der Waals surface area contributed by atoms with E-state index in [1.54, 1.807) is 68.4 Å². The van der Waals surface area contributed by atoms with Crippen molar-refractivity contribution in [1.82, 2.24) is 4.90 Å². The number of benzene rings is 3. The van der Waals surface area contributed by atoms with Crippen molar-refractivity contribution in [2.24, 2.45) is 0 Å². The van der Waals surface area contributed by atoms with Gasteiger partial charge in [-0.2, -0.15) is 0 Å². The summed E-state index contributed by atoms with van der Waals surface area (Å²) in [4.78, 5) is 52.9. The number of esters is 1. The fourth-order valence-corrected chi connectivity index (χ4v) is 4.15. The summed E-state index contributed by atoms with van der Waals surface area (Å²) < 4.78 is 5.33. The quantitative estimate of drug-likeness (QED) is 0.253. The van der Waals surface area contributed by atoms with Gasteiger partial charge in [0.1, 0.15) is 12.2 Å². The largest absolute Gasteiger partial charge is 0.460 e. The number of Topliss-reactive ketones (excluding diaryl/α,β-unsaturated/α-hetero) is 1. The van der Waals surface area contributed by atoms with Gasteiger partial charge in [-0.15, -0.1) is 0 Å². The number of carbonyl (C=O) groups excluding carboxylic acids is 4. The summed E-state index contributed by atoms with van der Waals surface area (Å²) in [5.41, 5.74) is -0.0770. The number of rotatable bonds is 13. The Morgan fingerprint density at radius 3 is 1.90 bits per heavy atom. The molecule has 2 N–H and O–H groups in total. The van der Waals surface area contributed by atoms with Crippen molar-refractivity contribution in [2.45, 2.75) is 32.3 Å². The van der Waals surface area contributed by atoms with Crippen molar-refractivity contribution in [1.29, 1.82) is 0 Å². The number of hydrogen-bond donors (Lipinski definition) is 2. The molecule has 3 aromatic rings. The molecule has 204 valence electrons. The first kappa shape index (κ1) is 29.4. The fourth-order valence-electron chi connectivity index (χ4n) is 4.15. The third kappa shape index (κ3) is 7.04. The van der Waals surface area contributed by atoms with Crippen LogP contribution in [-0.4, -0.2) is 70.5 Å². The molecule has 0 atom stereocenters. The van der Waals surface area contributed by atoms with Crippen LogP contribution in [0.3, 0.4) is 0 Å². The molecule has 0 heterocycles. The van der Waals surface area contributed by atoms with Crippen molar-refractivity contribution < 1.29 is 34.1 Å². The zero-order valence-corrected chi connectivity index (χ0v) is 22.1. The van der Waals surface area contributed by atoms with Crippen LogP contribution in [0.25, 0.3) is 0 Å². The summed E-state index contributed by atoms with van der Waals surface area (Å²) in [6, 6.07) is 20.9. The van der Waals surface area contributed by atoms with Crippen LogP contribution in [0.2, 0.25) is 0 Å². The molecule has 3 rings (SSSR count). The maximum absolute atomic E-state index is 13.3. The fraction of sp³-hybridized carbons (Fsp3) is 0.290. The van der Waals surface area contributed by atoms with E-state index in [9.17, 15) is 29.4 Å². The number of aliphatic hydroxyl groups is 2. The highest BCUT2D eigenvalue weighted by molar-refractivity contribution is 6.15. The van der Waals surface area contributed by atoms with Gasteiger partial charge in [-0.1, -0.05) is 74.5 Å². The number of ketones is 2. The van der Waals surface area contributed by atoms with Crippen molar-refractivity contribution in [3.05, 3.63) is 107 Å². The zero-order chi connectivity index (χ0) is 28.4. The lowest BCUT2D eigenvalue weighted by molar-refractivity contribution is 0.0277. The molecule has 39 heavy (non-hydrogen) atoms. The van der Waals surface area contributed by atoms with E-state index in [-0.39, 0.29) is 61.6 Å². The second-order valence-electron chi connectivity index (χ2n) is 9.04. The molecule has 0 radical (unpaired) electrons. The summed E-state index contributed by atoms with van der Waals surface area (Å²) in [5, 5.41) is 20.0. The molecule has 0 aliphatic carbocycles. The van der Waals surface area contributed by atoms with Crippen molar-refractivity contribution in [3.63, 3.8) is 0 Å². The molecule has 0 fully saturated rings. The Bertz CT molecular complexity index is 1300. The van der Waals surface area contributed by atoms with E-state index in [2.05, 4.69) is 0 Å². The smallest absolute Gasteiger partial charge is 0.338 e. The summed E-state index contributed by atoms with van der Waals surface area (Å²) in [6.45, 7) is 2.99. The number of hydrogen-bond acceptors (Lipinski definition) is 7. The molecule has 8 heteroatoms. The monoisotopic (exact) mass is 531 g/mol. The first-order valence-corrected chi connectivity index (χ1v) is 12.9. The lowest BCUT2D eigenvalue weighted by Crippen LogP contribution is -2.37. The third-order valence-corrected chi connectivity index (χ3v) is 6.66. The molecular formula is C31H33NO7. The lowest BCUT2D eigenvalue weighted by atomic mass is 9.88. The number of ether oxygens (including phenoxy) is 1. The van der Waals surface area contributed by atoms with E-state index in [0.717, 1.165) is 0 Å². The van der Waals surface area contributed by atoms with E-state index in [0.29, 0.717) is 11.1 Å². The normalized spacial score (nSPS) is 11.1. The van der Waals surface area contributed by atoms with Gasteiger partial charge < -0.3 is 19.8 Å². The molecule has 0 saturated heterocycles. The maximum atomic E-state index is 13.3. The minimum Gasteiger partial charge on any atom is -0.460 e. The van der Waals surface area contributed by atoms with Crippen LogP contribution in [0.5, 0.6) is 0 Å². The Kier molecular flexibility index (Phi) is 10.3. The maximum Gasteiger partial charge on any atom is 0.338 e. The summed E-state index contributed by atoms with van der Waals surface area (Å²) in [7, 11) is 0. The Balaban J connectivity index is 1.67. The van der Waals surface area contributed by atoms with Gasteiger partial charge in [-0.25, -0.2) is 4.79 Å². The molecule has 1 amide bonds. The van der Waals surface area contributed by atoms with E-state index in [1.165, 1.54) is 29.2 Å². The molecule has 0 spiro atoms. The highest BCUT2D eigenvalue weighted by Crippen LogP contribution is 2.22. The average Bonchev–Trinajstić information content (AvgIpc) is 2.99. The molecular weight excluding hydrogens is 498 g/mol. The van der Waals surface area contributed by atoms with Gasteiger partial charge in [0, 0.05) is 23.2 Å². The highest BCUT2D eigenvalue weighted by Gasteiger charge is 2.32. The second kappa shape index (κ2) is 13.6. The van der Waals surface area contributed by atoms with Gasteiger partial charge in [0.25, 0.3) is 5.91 Å². The molecule has 0 aromatic heterocycles. The second-order valence-corrected chi connectivity index (χ2v) is 9.04. The van der Waals surface area contributed by atoms with E-state index in [1.807, 2.05) is 0 Å². The van der Waals surface area contributed by atoms with Crippen LogP contribution in [-0.2, 0) is 4.74 Å². The number of aliphatic hydroxyl groups excluding tert-OH is 1. The van der Waals surface area contributed by atoms with Gasteiger partial charge in [-0.3, -0.25) is 14.4 Å². The van der Waals surface area contributed by atoms with Crippen molar-refractivity contribution in [2.75, 3.05) is 26.3 Å². The SMILES string of the molecule is CCC(O)(CC)C(=O)c1ccc(C(=O)OCCN(CCO)C(=O)c2ccccc2C(=O)c2ccccc2)cc1. The molecule has 8 nitrogen and oxygen atoms in total. The predicted molar refractivity (Wildman–Crippen MR) is 146 cm³/mol. The van der Waals surface area contributed by atoms with Crippen LogP contribution in [0.1, 0.15) is 73.7 Å². The van der Waals surface area contributed by atoms with Crippen LogP contribution >= 0.6 is 0 Å². The Morgan fingerprint density at radius 1 is 0.744 bits per heavy atom. The van der Waals surface area contributed by atoms with E-state index in [4.69, 9.17) is 4.74 Å². The van der Waals surface area contributed by atoms with Crippen LogP contribution < -0.4 is 0 Å². The summed E-state index contributed by atoms with van der Waals surface area (Å²) in [6.07, 6.45) is 0.556. The minimum atomic E-state index is -1.45. The number of carbonyl (C=O) groups is 4. The van der Waals surface area contributed by atoms with E-state index < -0.39 is 23.3 Å². The molecule has 0 aliphatic heterocycles. The lowest BCUT2D eigenvalue weighted by Gasteiger charge is -2.23. The molecule has 3 aromatic carbocycles. The zero-order valence-electron chi connectivity index (χ0n) is 22.1. The Labute approximate surface area is 227 Å². The number of amides is 1. The third-order valence-electron chi connectivity index (χ3n) is 6.66. The summed E-state index contributed by atoms with van der Waals surface area (Å²) in [5.74, 6) is -1.82. The topological polar surface area (TPSA) is 121 Å². The molecule has 0 saturated carbocycles. The van der Waals surface area contributed by atoms with Gasteiger partial charge in [0.15, 0.2) is 11.6 Å². The standard InChI is InChI=1S/C31H33NO7/c1-3-31(38,4-2)28(35)23-14-16-24(17-15-23)30(37)39-21-19-32(18-20-33)29(36)26-13-9-8-12-25(26)27(34)22-10-6-5-7-11-22/h5-17,33,38H,3-4,18-21H2,1-2H3. The molecule has 0 bridgehead atoms. The van der Waals surface area contributed by atoms with Gasteiger partial charge in [0.2, 0.25) is 0 Å². The first-order valence-electron chi connectivity index (χ1n) is 12.9. The van der Waals surface area contributed by atoms with Crippen molar-refractivity contribution >= 4 is 23.4 Å². The number of nitrogens with zero attached hydrogens (tertiary/aromatic N) is 1. The first-order chi connectivity index (χ1) is 18.8. The molecule has 0 aliphatic rings. The Hall–Kier alpha value is -4.14. The van der Waals surface area contributed by atoms with Gasteiger partial charge in [-0.05, 0) is 31.0 Å². The van der Waals surface area contributed by atoms with Crippen LogP contribution in [0, 0.1) is 0 Å².